The molecule has 0 aliphatic carbocycles. The van der Waals surface area contributed by atoms with E-state index in [0.29, 0.717) is 13.1 Å². The van der Waals surface area contributed by atoms with Gasteiger partial charge in [0.2, 0.25) is 5.91 Å². The van der Waals surface area contributed by atoms with Crippen LogP contribution in [0.3, 0.4) is 0 Å². The van der Waals surface area contributed by atoms with Crippen molar-refractivity contribution >= 4 is 28.2 Å². The predicted octanol–water partition coefficient (Wildman–Crippen LogP) is 0.735. The number of nitrogens with zero attached hydrogens (tertiary/aromatic N) is 2. The first-order valence-electron chi connectivity index (χ1n) is 8.22. The van der Waals surface area contributed by atoms with E-state index in [1.54, 1.807) is 41.2 Å². The lowest BCUT2D eigenvalue weighted by atomic mass is 9.90. The Bertz CT molecular complexity index is 839. The highest BCUT2D eigenvalue weighted by Crippen LogP contribution is 2.27. The van der Waals surface area contributed by atoms with Crippen LogP contribution in [0.15, 0.2) is 47.6 Å². The molecule has 0 spiro atoms. The van der Waals surface area contributed by atoms with E-state index >= 15 is 0 Å². The van der Waals surface area contributed by atoms with Gasteiger partial charge in [0, 0.05) is 38.8 Å². The standard InChI is InChI=1S/C17H22N4O3S.ClH/c1-21-12-13(9-20-21)15-10-18-11-16(15)17(22)19-7-8-25(23,24)14-5-3-2-4-6-14;/h2-6,9,12,15-16,18H,7-8,10-11H2,1H3,(H,19,22);1H/t15-,16+;/m1./s1. The van der Waals surface area contributed by atoms with Crippen LogP contribution in [0, 0.1) is 5.92 Å². The molecule has 1 saturated heterocycles. The third-order valence-electron chi connectivity index (χ3n) is 4.48. The van der Waals surface area contributed by atoms with E-state index in [9.17, 15) is 13.2 Å². The zero-order valence-electron chi connectivity index (χ0n) is 14.5. The molecule has 1 fully saturated rings. The van der Waals surface area contributed by atoms with Crippen LogP contribution in [0.2, 0.25) is 0 Å². The molecule has 0 saturated carbocycles. The van der Waals surface area contributed by atoms with Crippen molar-refractivity contribution in [2.45, 2.75) is 10.8 Å². The highest BCUT2D eigenvalue weighted by Gasteiger charge is 2.34. The van der Waals surface area contributed by atoms with Gasteiger partial charge in [-0.25, -0.2) is 8.42 Å². The van der Waals surface area contributed by atoms with E-state index in [1.807, 2.05) is 13.2 Å². The molecule has 0 bridgehead atoms. The van der Waals surface area contributed by atoms with Gasteiger partial charge in [0.25, 0.3) is 0 Å². The summed E-state index contributed by atoms with van der Waals surface area (Å²) in [6.45, 7) is 1.40. The largest absolute Gasteiger partial charge is 0.355 e. The molecule has 0 unspecified atom stereocenters. The molecule has 1 aromatic heterocycles. The summed E-state index contributed by atoms with van der Waals surface area (Å²) < 4.78 is 26.2. The summed E-state index contributed by atoms with van der Waals surface area (Å²) in [5.74, 6) is -0.398. The fourth-order valence-corrected chi connectivity index (χ4v) is 4.30. The first-order valence-corrected chi connectivity index (χ1v) is 9.87. The minimum atomic E-state index is -3.39. The number of aryl methyl sites for hydroxylation is 1. The van der Waals surface area contributed by atoms with Gasteiger partial charge < -0.3 is 10.6 Å². The van der Waals surface area contributed by atoms with Gasteiger partial charge in [0.15, 0.2) is 9.84 Å². The van der Waals surface area contributed by atoms with Crippen molar-refractivity contribution < 1.29 is 13.2 Å². The number of amides is 1. The molecule has 0 radical (unpaired) electrons. The monoisotopic (exact) mass is 398 g/mol. The van der Waals surface area contributed by atoms with Crippen molar-refractivity contribution in [2.75, 3.05) is 25.4 Å². The lowest BCUT2D eigenvalue weighted by Gasteiger charge is -2.17. The van der Waals surface area contributed by atoms with Crippen LogP contribution in [-0.2, 0) is 21.7 Å². The van der Waals surface area contributed by atoms with E-state index in [2.05, 4.69) is 15.7 Å². The summed E-state index contributed by atoms with van der Waals surface area (Å²) in [5.41, 5.74) is 1.02. The normalized spacial score (nSPS) is 19.7. The molecular weight excluding hydrogens is 376 g/mol. The molecule has 2 atom stereocenters. The van der Waals surface area contributed by atoms with Gasteiger partial charge in [-0.3, -0.25) is 9.48 Å². The number of sulfone groups is 1. The SMILES string of the molecule is Cl.Cn1cc([C@H]2CNC[C@@H]2C(=O)NCCS(=O)(=O)c2ccccc2)cn1. The fourth-order valence-electron chi connectivity index (χ4n) is 3.12. The molecular formula is C17H23ClN4O3S. The van der Waals surface area contributed by atoms with Crippen LogP contribution in [0.5, 0.6) is 0 Å². The molecule has 26 heavy (non-hydrogen) atoms. The smallest absolute Gasteiger partial charge is 0.225 e. The van der Waals surface area contributed by atoms with Crippen LogP contribution in [-0.4, -0.2) is 49.5 Å². The van der Waals surface area contributed by atoms with Crippen molar-refractivity contribution in [3.63, 3.8) is 0 Å². The van der Waals surface area contributed by atoms with Crippen LogP contribution in [0.4, 0.5) is 0 Å². The van der Waals surface area contributed by atoms with Gasteiger partial charge in [-0.05, 0) is 17.7 Å². The van der Waals surface area contributed by atoms with Crippen LogP contribution >= 0.6 is 12.4 Å². The summed E-state index contributed by atoms with van der Waals surface area (Å²) in [4.78, 5) is 12.8. The lowest BCUT2D eigenvalue weighted by Crippen LogP contribution is -2.37. The summed E-state index contributed by atoms with van der Waals surface area (Å²) in [6, 6.07) is 8.28. The van der Waals surface area contributed by atoms with Crippen molar-refractivity contribution in [3.8, 4) is 0 Å². The predicted molar refractivity (Wildman–Crippen MR) is 101 cm³/mol. The highest BCUT2D eigenvalue weighted by atomic mass is 35.5. The van der Waals surface area contributed by atoms with Crippen molar-refractivity contribution in [3.05, 3.63) is 48.3 Å². The summed E-state index contributed by atoms with van der Waals surface area (Å²) in [5, 5.41) is 10.2. The maximum absolute atomic E-state index is 12.5. The Labute approximate surface area is 159 Å². The molecule has 1 aliphatic heterocycles. The molecule has 1 aliphatic rings. The van der Waals surface area contributed by atoms with Gasteiger partial charge in [-0.2, -0.15) is 5.10 Å². The Balaban J connectivity index is 0.00000243. The van der Waals surface area contributed by atoms with Crippen LogP contribution < -0.4 is 10.6 Å². The van der Waals surface area contributed by atoms with Crippen molar-refractivity contribution in [1.82, 2.24) is 20.4 Å². The van der Waals surface area contributed by atoms with E-state index in [1.165, 1.54) is 0 Å². The molecule has 1 aromatic carbocycles. The maximum Gasteiger partial charge on any atom is 0.225 e. The topological polar surface area (TPSA) is 93.1 Å². The average molecular weight is 399 g/mol. The lowest BCUT2D eigenvalue weighted by molar-refractivity contribution is -0.124. The minimum absolute atomic E-state index is 0. The van der Waals surface area contributed by atoms with Crippen LogP contribution in [0.25, 0.3) is 0 Å². The number of carbonyl (C=O) groups excluding carboxylic acids is 1. The first kappa shape index (κ1) is 20.4. The number of aromatic nitrogens is 2. The Morgan fingerprint density at radius 1 is 1.31 bits per heavy atom. The Morgan fingerprint density at radius 2 is 2.04 bits per heavy atom. The van der Waals surface area contributed by atoms with E-state index < -0.39 is 9.84 Å². The minimum Gasteiger partial charge on any atom is -0.355 e. The van der Waals surface area contributed by atoms with Gasteiger partial charge in [0.05, 0.1) is 22.8 Å². The second-order valence-electron chi connectivity index (χ2n) is 6.24. The van der Waals surface area contributed by atoms with Gasteiger partial charge >= 0.3 is 0 Å². The third kappa shape index (κ3) is 4.63. The van der Waals surface area contributed by atoms with Gasteiger partial charge in [0.1, 0.15) is 0 Å². The first-order chi connectivity index (χ1) is 12.0. The quantitative estimate of drug-likeness (QED) is 0.748. The zero-order valence-corrected chi connectivity index (χ0v) is 16.1. The molecule has 2 heterocycles. The fraction of sp³-hybridized carbons (Fsp3) is 0.412. The van der Waals surface area contributed by atoms with E-state index in [4.69, 9.17) is 0 Å². The van der Waals surface area contributed by atoms with Gasteiger partial charge in [-0.15, -0.1) is 12.4 Å². The number of hydrogen-bond donors (Lipinski definition) is 2. The van der Waals surface area contributed by atoms with E-state index in [-0.39, 0.29) is 47.3 Å². The Morgan fingerprint density at radius 3 is 2.69 bits per heavy atom. The number of benzene rings is 1. The second kappa shape index (κ2) is 8.66. The van der Waals surface area contributed by atoms with Crippen LogP contribution in [0.1, 0.15) is 11.5 Å². The maximum atomic E-state index is 12.5. The number of hydrogen-bond acceptors (Lipinski definition) is 5. The Kier molecular flexibility index (Phi) is 6.80. The molecule has 1 amide bonds. The summed E-state index contributed by atoms with van der Waals surface area (Å²) in [6.07, 6.45) is 3.69. The molecule has 2 aromatic rings. The number of carbonyl (C=O) groups is 1. The molecule has 142 valence electrons. The highest BCUT2D eigenvalue weighted by molar-refractivity contribution is 7.91. The molecule has 3 rings (SSSR count). The zero-order chi connectivity index (χ0) is 17.9. The van der Waals surface area contributed by atoms with Gasteiger partial charge in [-0.1, -0.05) is 18.2 Å². The summed E-state index contributed by atoms with van der Waals surface area (Å²) >= 11 is 0. The Hall–Kier alpha value is -1.90. The number of nitrogens with one attached hydrogen (secondary N) is 2. The second-order valence-corrected chi connectivity index (χ2v) is 8.35. The van der Waals surface area contributed by atoms with Crippen molar-refractivity contribution in [1.29, 1.82) is 0 Å². The molecule has 2 N–H and O–H groups in total. The third-order valence-corrected chi connectivity index (χ3v) is 6.21. The average Bonchev–Trinajstić information content (AvgIpc) is 3.24. The molecule has 9 heteroatoms. The number of rotatable bonds is 6. The van der Waals surface area contributed by atoms with E-state index in [0.717, 1.165) is 5.56 Å². The number of halogens is 1. The molecule has 7 nitrogen and oxygen atoms in total. The van der Waals surface area contributed by atoms with Crippen molar-refractivity contribution in [2.24, 2.45) is 13.0 Å². The summed E-state index contributed by atoms with van der Waals surface area (Å²) in [7, 11) is -1.54.